The number of carbonyl (C=O) groups is 2. The Bertz CT molecular complexity index is 434. The van der Waals surface area contributed by atoms with E-state index in [4.69, 9.17) is 10.5 Å². The molecule has 0 aliphatic heterocycles. The Labute approximate surface area is 105 Å². The van der Waals surface area contributed by atoms with Gasteiger partial charge in [-0.05, 0) is 11.6 Å². The molecule has 0 saturated carbocycles. The van der Waals surface area contributed by atoms with E-state index in [2.05, 4.69) is 5.32 Å². The Morgan fingerprint density at radius 1 is 1.44 bits per heavy atom. The molecule has 0 spiro atoms. The van der Waals surface area contributed by atoms with E-state index in [1.54, 1.807) is 24.3 Å². The number of hydrogen-bond acceptors (Lipinski definition) is 4. The summed E-state index contributed by atoms with van der Waals surface area (Å²) in [5.74, 6) is -1.26. The molecule has 0 fully saturated rings. The number of aliphatic hydroxyl groups excluding tert-OH is 1. The van der Waals surface area contributed by atoms with Crippen LogP contribution in [0.15, 0.2) is 24.3 Å². The number of amides is 2. The predicted octanol–water partition coefficient (Wildman–Crippen LogP) is -0.591. The maximum Gasteiger partial charge on any atom is 0.251 e. The van der Waals surface area contributed by atoms with Crippen LogP contribution in [-0.4, -0.2) is 36.7 Å². The maximum absolute atomic E-state index is 11.8. The fraction of sp³-hybridized carbons (Fsp3) is 0.333. The number of hydrogen-bond donors (Lipinski definition) is 3. The van der Waals surface area contributed by atoms with Crippen LogP contribution in [0.4, 0.5) is 0 Å². The first-order chi connectivity index (χ1) is 8.56. The number of aliphatic hydroxyl groups is 1. The van der Waals surface area contributed by atoms with Crippen molar-refractivity contribution in [2.75, 3.05) is 13.7 Å². The van der Waals surface area contributed by atoms with Crippen molar-refractivity contribution in [2.24, 2.45) is 5.73 Å². The summed E-state index contributed by atoms with van der Waals surface area (Å²) in [4.78, 5) is 22.5. The molecule has 1 unspecified atom stereocenters. The van der Waals surface area contributed by atoms with Gasteiger partial charge in [-0.25, -0.2) is 0 Å². The summed E-state index contributed by atoms with van der Waals surface area (Å²) in [5.41, 5.74) is 6.05. The second-order valence-electron chi connectivity index (χ2n) is 3.72. The van der Waals surface area contributed by atoms with Gasteiger partial charge in [0, 0.05) is 12.7 Å². The zero-order valence-electron chi connectivity index (χ0n) is 10.1. The first-order valence-electron chi connectivity index (χ1n) is 5.38. The minimum atomic E-state index is -1.39. The number of primary amides is 1. The molecule has 0 bridgehead atoms. The number of carbonyl (C=O) groups excluding carboxylic acids is 2. The zero-order chi connectivity index (χ0) is 13.5. The number of methoxy groups -OCH3 is 1. The average Bonchev–Trinajstić information content (AvgIpc) is 2.36. The van der Waals surface area contributed by atoms with Crippen molar-refractivity contribution < 1.29 is 19.4 Å². The van der Waals surface area contributed by atoms with E-state index in [0.717, 1.165) is 5.56 Å². The molecule has 6 nitrogen and oxygen atoms in total. The fourth-order valence-electron chi connectivity index (χ4n) is 1.41. The van der Waals surface area contributed by atoms with Gasteiger partial charge in [-0.2, -0.15) is 0 Å². The van der Waals surface area contributed by atoms with Crippen molar-refractivity contribution in [2.45, 2.75) is 12.7 Å². The quantitative estimate of drug-likeness (QED) is 0.629. The number of rotatable bonds is 6. The number of benzene rings is 1. The van der Waals surface area contributed by atoms with Crippen molar-refractivity contribution in [3.63, 3.8) is 0 Å². The van der Waals surface area contributed by atoms with Crippen LogP contribution in [0.5, 0.6) is 0 Å². The molecule has 0 aromatic heterocycles. The van der Waals surface area contributed by atoms with Crippen molar-refractivity contribution in [3.05, 3.63) is 35.4 Å². The Hall–Kier alpha value is -1.92. The Kier molecular flexibility index (Phi) is 5.29. The van der Waals surface area contributed by atoms with Crippen LogP contribution in [-0.2, 0) is 16.1 Å². The minimum absolute atomic E-state index is 0.213. The van der Waals surface area contributed by atoms with Gasteiger partial charge in [-0.15, -0.1) is 0 Å². The second kappa shape index (κ2) is 6.73. The van der Waals surface area contributed by atoms with Crippen molar-refractivity contribution in [1.82, 2.24) is 5.32 Å². The molecule has 0 saturated heterocycles. The molecule has 0 radical (unpaired) electrons. The molecule has 1 aromatic carbocycles. The van der Waals surface area contributed by atoms with E-state index < -0.39 is 12.0 Å². The number of ether oxygens (including phenoxy) is 1. The van der Waals surface area contributed by atoms with Crippen LogP contribution in [0, 0.1) is 0 Å². The average molecular weight is 252 g/mol. The van der Waals surface area contributed by atoms with Gasteiger partial charge < -0.3 is 20.9 Å². The highest BCUT2D eigenvalue weighted by Gasteiger charge is 2.15. The van der Waals surface area contributed by atoms with Crippen LogP contribution >= 0.6 is 0 Å². The summed E-state index contributed by atoms with van der Waals surface area (Å²) in [7, 11) is 1.53. The molecule has 1 atom stereocenters. The van der Waals surface area contributed by atoms with E-state index >= 15 is 0 Å². The lowest BCUT2D eigenvalue weighted by Gasteiger charge is -2.11. The predicted molar refractivity (Wildman–Crippen MR) is 64.7 cm³/mol. The van der Waals surface area contributed by atoms with Crippen molar-refractivity contribution >= 4 is 11.8 Å². The van der Waals surface area contributed by atoms with Crippen LogP contribution in [0.1, 0.15) is 15.9 Å². The molecule has 1 aromatic rings. The highest BCUT2D eigenvalue weighted by atomic mass is 16.5. The van der Waals surface area contributed by atoms with Crippen molar-refractivity contribution in [3.8, 4) is 0 Å². The molecule has 98 valence electrons. The Balaban J connectivity index is 2.69. The molecule has 6 heteroatoms. The minimum Gasteiger partial charge on any atom is -0.381 e. The molecule has 1 rings (SSSR count). The van der Waals surface area contributed by atoms with Gasteiger partial charge in [-0.3, -0.25) is 9.59 Å². The molecular weight excluding hydrogens is 236 g/mol. The SMILES string of the molecule is COCc1ccccc1C(=O)NCC(O)C(N)=O. The summed E-state index contributed by atoms with van der Waals surface area (Å²) in [6.45, 7) is 0.0947. The summed E-state index contributed by atoms with van der Waals surface area (Å²) in [5, 5.41) is 11.6. The van der Waals surface area contributed by atoms with Gasteiger partial charge >= 0.3 is 0 Å². The van der Waals surface area contributed by atoms with Crippen LogP contribution in [0.2, 0.25) is 0 Å². The van der Waals surface area contributed by atoms with Gasteiger partial charge in [0.1, 0.15) is 6.10 Å². The standard InChI is InChI=1S/C12H16N2O4/c1-18-7-8-4-2-3-5-9(8)12(17)14-6-10(15)11(13)16/h2-5,10,15H,6-7H2,1H3,(H2,13,16)(H,14,17). The third-order valence-electron chi connectivity index (χ3n) is 2.35. The van der Waals surface area contributed by atoms with Crippen LogP contribution in [0.3, 0.4) is 0 Å². The van der Waals surface area contributed by atoms with E-state index in [9.17, 15) is 14.7 Å². The van der Waals surface area contributed by atoms with Crippen LogP contribution in [0.25, 0.3) is 0 Å². The number of nitrogens with two attached hydrogens (primary N) is 1. The number of nitrogens with one attached hydrogen (secondary N) is 1. The van der Waals surface area contributed by atoms with Gasteiger partial charge in [0.05, 0.1) is 13.2 Å². The first-order valence-corrected chi connectivity index (χ1v) is 5.38. The molecule has 2 amide bonds. The van der Waals surface area contributed by atoms with E-state index in [-0.39, 0.29) is 12.5 Å². The summed E-state index contributed by atoms with van der Waals surface area (Å²) in [6.07, 6.45) is -1.39. The third kappa shape index (κ3) is 3.83. The molecule has 18 heavy (non-hydrogen) atoms. The van der Waals surface area contributed by atoms with E-state index in [1.807, 2.05) is 0 Å². The highest BCUT2D eigenvalue weighted by Crippen LogP contribution is 2.09. The normalized spacial score (nSPS) is 11.9. The largest absolute Gasteiger partial charge is 0.381 e. The fourth-order valence-corrected chi connectivity index (χ4v) is 1.41. The molecule has 0 aliphatic rings. The molecule has 0 heterocycles. The van der Waals surface area contributed by atoms with E-state index in [0.29, 0.717) is 12.2 Å². The molecule has 0 aliphatic carbocycles. The lowest BCUT2D eigenvalue weighted by atomic mass is 10.1. The maximum atomic E-state index is 11.8. The summed E-state index contributed by atoms with van der Waals surface area (Å²) in [6, 6.07) is 6.92. The van der Waals surface area contributed by atoms with Gasteiger partial charge in [0.2, 0.25) is 5.91 Å². The zero-order valence-corrected chi connectivity index (χ0v) is 10.1. The monoisotopic (exact) mass is 252 g/mol. The highest BCUT2D eigenvalue weighted by molar-refractivity contribution is 5.96. The Morgan fingerprint density at radius 2 is 2.11 bits per heavy atom. The molecular formula is C12H16N2O4. The van der Waals surface area contributed by atoms with Crippen molar-refractivity contribution in [1.29, 1.82) is 0 Å². The second-order valence-corrected chi connectivity index (χ2v) is 3.72. The smallest absolute Gasteiger partial charge is 0.251 e. The lowest BCUT2D eigenvalue weighted by Crippen LogP contribution is -2.40. The topological polar surface area (TPSA) is 102 Å². The first kappa shape index (κ1) is 14.1. The third-order valence-corrected chi connectivity index (χ3v) is 2.35. The van der Waals surface area contributed by atoms with Gasteiger partial charge in [0.25, 0.3) is 5.91 Å². The van der Waals surface area contributed by atoms with Gasteiger partial charge in [-0.1, -0.05) is 18.2 Å². The van der Waals surface area contributed by atoms with E-state index in [1.165, 1.54) is 7.11 Å². The van der Waals surface area contributed by atoms with Gasteiger partial charge in [0.15, 0.2) is 0 Å². The van der Waals surface area contributed by atoms with Crippen LogP contribution < -0.4 is 11.1 Å². The summed E-state index contributed by atoms with van der Waals surface area (Å²) >= 11 is 0. The molecule has 4 N–H and O–H groups in total. The summed E-state index contributed by atoms with van der Waals surface area (Å²) < 4.78 is 4.98. The lowest BCUT2D eigenvalue weighted by molar-refractivity contribution is -0.125. The Morgan fingerprint density at radius 3 is 2.72 bits per heavy atom.